The number of nitriles is 1. The van der Waals surface area contributed by atoms with Gasteiger partial charge in [0.25, 0.3) is 0 Å². The van der Waals surface area contributed by atoms with E-state index in [-0.39, 0.29) is 6.04 Å². The summed E-state index contributed by atoms with van der Waals surface area (Å²) in [6.45, 7) is 9.21. The van der Waals surface area contributed by atoms with Gasteiger partial charge >= 0.3 is 0 Å². The highest BCUT2D eigenvalue weighted by molar-refractivity contribution is 5.45. The molecule has 1 N–H and O–H groups in total. The van der Waals surface area contributed by atoms with E-state index in [1.54, 1.807) is 0 Å². The fourth-order valence-corrected chi connectivity index (χ4v) is 2.38. The summed E-state index contributed by atoms with van der Waals surface area (Å²) in [7, 11) is 0. The van der Waals surface area contributed by atoms with Crippen molar-refractivity contribution in [2.45, 2.75) is 19.9 Å². The van der Waals surface area contributed by atoms with Gasteiger partial charge in [-0.3, -0.25) is 5.32 Å². The average Bonchev–Trinajstić information content (AvgIpc) is 2.55. The largest absolute Gasteiger partial charge is 0.486 e. The number of ether oxygens (including phenoxy) is 2. The molecule has 0 saturated carbocycles. The summed E-state index contributed by atoms with van der Waals surface area (Å²) in [4.78, 5) is 2.32. The van der Waals surface area contributed by atoms with Crippen molar-refractivity contribution >= 4 is 0 Å². The molecule has 1 aliphatic heterocycles. The maximum atomic E-state index is 9.36. The fourth-order valence-electron chi connectivity index (χ4n) is 2.38. The van der Waals surface area contributed by atoms with E-state index in [0.717, 1.165) is 43.2 Å². The Bertz CT molecular complexity index is 495. The molecule has 1 unspecified atom stereocenters. The lowest BCUT2D eigenvalue weighted by Gasteiger charge is -2.21. The molecule has 21 heavy (non-hydrogen) atoms. The average molecular weight is 289 g/mol. The van der Waals surface area contributed by atoms with Gasteiger partial charge in [0.15, 0.2) is 11.5 Å². The van der Waals surface area contributed by atoms with E-state index in [1.165, 1.54) is 0 Å². The second kappa shape index (κ2) is 7.87. The molecule has 0 amide bonds. The van der Waals surface area contributed by atoms with Crippen LogP contribution in [0.1, 0.15) is 25.5 Å². The standard InChI is InChI=1S/C16H23N3O2/c1-3-19(4-2)8-7-18-14(12-17)13-5-6-15-16(11-13)21-10-9-20-15/h5-6,11,14,18H,3-4,7-10H2,1-2H3. The third-order valence-electron chi connectivity index (χ3n) is 3.70. The van der Waals surface area contributed by atoms with Crippen LogP contribution in [0.15, 0.2) is 18.2 Å². The normalized spacial score (nSPS) is 14.8. The molecule has 0 fully saturated rings. The third kappa shape index (κ3) is 4.10. The van der Waals surface area contributed by atoms with Crippen molar-refractivity contribution in [1.82, 2.24) is 10.2 Å². The van der Waals surface area contributed by atoms with Crippen molar-refractivity contribution in [3.63, 3.8) is 0 Å². The number of hydrogen-bond acceptors (Lipinski definition) is 5. The first-order chi connectivity index (χ1) is 10.3. The first kappa shape index (κ1) is 15.6. The Kier molecular flexibility index (Phi) is 5.85. The molecule has 1 heterocycles. The molecule has 0 aromatic heterocycles. The van der Waals surface area contributed by atoms with E-state index >= 15 is 0 Å². The molecular formula is C16H23N3O2. The van der Waals surface area contributed by atoms with E-state index in [1.807, 2.05) is 18.2 Å². The van der Waals surface area contributed by atoms with Crippen molar-refractivity contribution in [2.24, 2.45) is 0 Å². The summed E-state index contributed by atoms with van der Waals surface area (Å²) in [5.41, 5.74) is 0.918. The molecule has 1 aromatic carbocycles. The zero-order valence-electron chi connectivity index (χ0n) is 12.8. The first-order valence-electron chi connectivity index (χ1n) is 7.53. The number of fused-ring (bicyclic) bond motifs is 1. The number of benzene rings is 1. The van der Waals surface area contributed by atoms with Gasteiger partial charge in [0.2, 0.25) is 0 Å². The maximum absolute atomic E-state index is 9.36. The van der Waals surface area contributed by atoms with Crippen molar-refractivity contribution in [3.8, 4) is 17.6 Å². The Balaban J connectivity index is 1.96. The highest BCUT2D eigenvalue weighted by Crippen LogP contribution is 2.32. The van der Waals surface area contributed by atoms with Crippen LogP contribution >= 0.6 is 0 Å². The number of nitrogens with one attached hydrogen (secondary N) is 1. The summed E-state index contributed by atoms with van der Waals surface area (Å²) >= 11 is 0. The lowest BCUT2D eigenvalue weighted by molar-refractivity contribution is 0.171. The molecular weight excluding hydrogens is 266 g/mol. The van der Waals surface area contributed by atoms with Crippen molar-refractivity contribution in [2.75, 3.05) is 39.4 Å². The lowest BCUT2D eigenvalue weighted by Crippen LogP contribution is -2.33. The molecule has 114 valence electrons. The van der Waals surface area contributed by atoms with Gasteiger partial charge in [-0.15, -0.1) is 0 Å². The highest BCUT2D eigenvalue weighted by Gasteiger charge is 2.16. The minimum absolute atomic E-state index is 0.323. The van der Waals surface area contributed by atoms with Gasteiger partial charge in [-0.2, -0.15) is 5.26 Å². The van der Waals surface area contributed by atoms with Crippen LogP contribution in [0.3, 0.4) is 0 Å². The summed E-state index contributed by atoms with van der Waals surface area (Å²) in [5.74, 6) is 1.48. The molecule has 0 bridgehead atoms. The molecule has 5 heteroatoms. The van der Waals surface area contributed by atoms with Gasteiger partial charge in [-0.25, -0.2) is 0 Å². The maximum Gasteiger partial charge on any atom is 0.161 e. The molecule has 5 nitrogen and oxygen atoms in total. The van der Waals surface area contributed by atoms with Crippen LogP contribution in [-0.4, -0.2) is 44.3 Å². The second-order valence-corrected chi connectivity index (χ2v) is 4.95. The van der Waals surface area contributed by atoms with E-state index in [9.17, 15) is 5.26 Å². The van der Waals surface area contributed by atoms with E-state index in [0.29, 0.717) is 13.2 Å². The Hall–Kier alpha value is -1.77. The molecule has 0 spiro atoms. The quantitative estimate of drug-likeness (QED) is 0.831. The van der Waals surface area contributed by atoms with Crippen molar-refractivity contribution in [1.29, 1.82) is 5.26 Å². The first-order valence-corrected chi connectivity index (χ1v) is 7.53. The van der Waals surface area contributed by atoms with Gasteiger partial charge in [-0.1, -0.05) is 19.9 Å². The minimum atomic E-state index is -0.323. The summed E-state index contributed by atoms with van der Waals surface area (Å²) in [5, 5.41) is 12.7. The summed E-state index contributed by atoms with van der Waals surface area (Å²) < 4.78 is 11.1. The number of hydrogen-bond donors (Lipinski definition) is 1. The summed E-state index contributed by atoms with van der Waals surface area (Å²) in [6.07, 6.45) is 0. The minimum Gasteiger partial charge on any atom is -0.486 e. The molecule has 0 radical (unpaired) electrons. The van der Waals surface area contributed by atoms with Crippen molar-refractivity contribution in [3.05, 3.63) is 23.8 Å². The van der Waals surface area contributed by atoms with Gasteiger partial charge < -0.3 is 14.4 Å². The lowest BCUT2D eigenvalue weighted by atomic mass is 10.1. The molecule has 1 atom stereocenters. The van der Waals surface area contributed by atoms with Gasteiger partial charge in [0.05, 0.1) is 6.07 Å². The number of nitrogens with zero attached hydrogens (tertiary/aromatic N) is 2. The third-order valence-corrected chi connectivity index (χ3v) is 3.70. The van der Waals surface area contributed by atoms with Crippen LogP contribution in [0.4, 0.5) is 0 Å². The van der Waals surface area contributed by atoms with E-state index < -0.39 is 0 Å². The number of rotatable bonds is 7. The molecule has 0 aliphatic carbocycles. The van der Waals surface area contributed by atoms with Crippen LogP contribution in [0.2, 0.25) is 0 Å². The molecule has 1 aliphatic rings. The summed E-state index contributed by atoms with van der Waals surface area (Å²) in [6, 6.07) is 7.68. The Labute approximate surface area is 126 Å². The zero-order chi connectivity index (χ0) is 15.1. The smallest absolute Gasteiger partial charge is 0.161 e. The predicted octanol–water partition coefficient (Wildman–Crippen LogP) is 1.95. The van der Waals surface area contributed by atoms with Gasteiger partial charge in [0.1, 0.15) is 19.3 Å². The molecule has 1 aromatic rings. The molecule has 2 rings (SSSR count). The van der Waals surface area contributed by atoms with Crippen LogP contribution < -0.4 is 14.8 Å². The Morgan fingerprint density at radius 2 is 1.95 bits per heavy atom. The van der Waals surface area contributed by atoms with Crippen LogP contribution in [0.5, 0.6) is 11.5 Å². The predicted molar refractivity (Wildman–Crippen MR) is 81.6 cm³/mol. The van der Waals surface area contributed by atoms with E-state index in [2.05, 4.69) is 30.1 Å². The Morgan fingerprint density at radius 1 is 1.24 bits per heavy atom. The van der Waals surface area contributed by atoms with Crippen LogP contribution in [0.25, 0.3) is 0 Å². The monoisotopic (exact) mass is 289 g/mol. The fraction of sp³-hybridized carbons (Fsp3) is 0.562. The topological polar surface area (TPSA) is 57.5 Å². The number of likely N-dealkylation sites (N-methyl/N-ethyl adjacent to an activating group) is 1. The second-order valence-electron chi connectivity index (χ2n) is 4.95. The van der Waals surface area contributed by atoms with Gasteiger partial charge in [0, 0.05) is 13.1 Å². The van der Waals surface area contributed by atoms with E-state index in [4.69, 9.17) is 9.47 Å². The van der Waals surface area contributed by atoms with Crippen molar-refractivity contribution < 1.29 is 9.47 Å². The van der Waals surface area contributed by atoms with Crippen LogP contribution in [-0.2, 0) is 0 Å². The SMILES string of the molecule is CCN(CC)CCNC(C#N)c1ccc2c(c1)OCCO2. The Morgan fingerprint density at radius 3 is 2.62 bits per heavy atom. The molecule has 0 saturated heterocycles. The zero-order valence-corrected chi connectivity index (χ0v) is 12.8. The van der Waals surface area contributed by atoms with Gasteiger partial charge in [-0.05, 0) is 30.8 Å². The van der Waals surface area contributed by atoms with Crippen LogP contribution in [0, 0.1) is 11.3 Å². The highest BCUT2D eigenvalue weighted by atomic mass is 16.6.